The minimum atomic E-state index is 0.0714. The molecule has 2 atom stereocenters. The Balaban J connectivity index is 1.80. The molecule has 2 rings (SSSR count). The van der Waals surface area contributed by atoms with Crippen molar-refractivity contribution in [1.29, 1.82) is 0 Å². The predicted molar refractivity (Wildman–Crippen MR) is 71.3 cm³/mol. The Morgan fingerprint density at radius 3 is 2.82 bits per heavy atom. The summed E-state index contributed by atoms with van der Waals surface area (Å²) in [5, 5.41) is 3.51. The summed E-state index contributed by atoms with van der Waals surface area (Å²) >= 11 is 0. The molecule has 2 aliphatic heterocycles. The highest BCUT2D eigenvalue weighted by molar-refractivity contribution is 4.85. The number of piperidine rings is 1. The van der Waals surface area contributed by atoms with Gasteiger partial charge in [-0.15, -0.1) is 0 Å². The molecule has 3 heteroatoms. The molecule has 1 N–H and O–H groups in total. The van der Waals surface area contributed by atoms with Gasteiger partial charge in [-0.05, 0) is 65.6 Å². The van der Waals surface area contributed by atoms with E-state index < -0.39 is 0 Å². The highest BCUT2D eigenvalue weighted by Gasteiger charge is 2.31. The van der Waals surface area contributed by atoms with Crippen LogP contribution in [0.1, 0.15) is 39.5 Å². The Labute approximate surface area is 106 Å². The Hall–Kier alpha value is -0.120. The van der Waals surface area contributed by atoms with E-state index in [9.17, 15) is 0 Å². The van der Waals surface area contributed by atoms with Crippen molar-refractivity contribution in [2.75, 3.05) is 33.3 Å². The Kier molecular flexibility index (Phi) is 4.45. The third-order valence-corrected chi connectivity index (χ3v) is 4.24. The highest BCUT2D eigenvalue weighted by atomic mass is 16.5. The summed E-state index contributed by atoms with van der Waals surface area (Å²) < 4.78 is 5.80. The van der Waals surface area contributed by atoms with Gasteiger partial charge in [-0.2, -0.15) is 0 Å². The summed E-state index contributed by atoms with van der Waals surface area (Å²) in [7, 11) is 2.29. The molecule has 2 heterocycles. The number of nitrogens with one attached hydrogen (secondary N) is 1. The fourth-order valence-corrected chi connectivity index (χ4v) is 3.21. The van der Waals surface area contributed by atoms with E-state index in [1.807, 2.05) is 0 Å². The normalized spacial score (nSPS) is 33.9. The number of hydrogen-bond donors (Lipinski definition) is 1. The first kappa shape index (κ1) is 13.3. The van der Waals surface area contributed by atoms with Gasteiger partial charge in [0.05, 0.1) is 5.60 Å². The summed E-state index contributed by atoms with van der Waals surface area (Å²) in [5.74, 6) is 0.847. The quantitative estimate of drug-likeness (QED) is 0.815. The predicted octanol–water partition coefficient (Wildman–Crippen LogP) is 1.88. The van der Waals surface area contributed by atoms with Crippen LogP contribution in [0.4, 0.5) is 0 Å². The van der Waals surface area contributed by atoms with Crippen LogP contribution in [0.3, 0.4) is 0 Å². The van der Waals surface area contributed by atoms with E-state index in [0.717, 1.165) is 12.5 Å². The number of nitrogens with zero attached hydrogens (tertiary/aromatic N) is 1. The zero-order chi connectivity index (χ0) is 12.3. The monoisotopic (exact) mass is 240 g/mol. The Bertz CT molecular complexity index is 236. The maximum Gasteiger partial charge on any atom is 0.0641 e. The molecule has 2 saturated heterocycles. The number of rotatable bonds is 3. The van der Waals surface area contributed by atoms with Crippen LogP contribution < -0.4 is 5.32 Å². The molecule has 0 aromatic rings. The number of hydrogen-bond acceptors (Lipinski definition) is 3. The van der Waals surface area contributed by atoms with E-state index in [1.54, 1.807) is 0 Å². The van der Waals surface area contributed by atoms with Crippen LogP contribution in [0.5, 0.6) is 0 Å². The second-order valence-electron chi connectivity index (χ2n) is 6.41. The van der Waals surface area contributed by atoms with Crippen LogP contribution in [-0.4, -0.2) is 49.8 Å². The van der Waals surface area contributed by atoms with Gasteiger partial charge in [-0.25, -0.2) is 0 Å². The van der Waals surface area contributed by atoms with Gasteiger partial charge in [-0.3, -0.25) is 0 Å². The lowest BCUT2D eigenvalue weighted by atomic mass is 9.91. The first-order valence-electron chi connectivity index (χ1n) is 7.12. The molecule has 0 bridgehead atoms. The van der Waals surface area contributed by atoms with Crippen LogP contribution in [0.15, 0.2) is 0 Å². The topological polar surface area (TPSA) is 24.5 Å². The second kappa shape index (κ2) is 5.68. The molecule has 0 amide bonds. The largest absolute Gasteiger partial charge is 0.375 e. The molecule has 0 aromatic heterocycles. The van der Waals surface area contributed by atoms with Crippen LogP contribution >= 0.6 is 0 Å². The van der Waals surface area contributed by atoms with Crippen LogP contribution in [0.25, 0.3) is 0 Å². The molecule has 0 aliphatic carbocycles. The lowest BCUT2D eigenvalue weighted by Gasteiger charge is -2.41. The van der Waals surface area contributed by atoms with Crippen molar-refractivity contribution >= 4 is 0 Å². The zero-order valence-electron chi connectivity index (χ0n) is 11.7. The van der Waals surface area contributed by atoms with Gasteiger partial charge < -0.3 is 15.0 Å². The standard InChI is InChI=1S/C14H28N2O/c1-14(2)9-13(6-8-17-14)16(3)11-12-5-4-7-15-10-12/h12-13,15H,4-11H2,1-3H3. The van der Waals surface area contributed by atoms with Crippen molar-refractivity contribution in [1.82, 2.24) is 10.2 Å². The van der Waals surface area contributed by atoms with Gasteiger partial charge in [0.1, 0.15) is 0 Å². The van der Waals surface area contributed by atoms with Crippen molar-refractivity contribution in [3.8, 4) is 0 Å². The molecule has 0 spiro atoms. The van der Waals surface area contributed by atoms with Crippen molar-refractivity contribution in [3.05, 3.63) is 0 Å². The molecule has 100 valence electrons. The lowest BCUT2D eigenvalue weighted by molar-refractivity contribution is -0.0815. The maximum atomic E-state index is 5.80. The van der Waals surface area contributed by atoms with Gasteiger partial charge in [0.2, 0.25) is 0 Å². The molecule has 2 aliphatic rings. The molecule has 3 nitrogen and oxygen atoms in total. The summed E-state index contributed by atoms with van der Waals surface area (Å²) in [5.41, 5.74) is 0.0714. The van der Waals surface area contributed by atoms with Gasteiger partial charge in [0, 0.05) is 19.2 Å². The average molecular weight is 240 g/mol. The zero-order valence-corrected chi connectivity index (χ0v) is 11.7. The third-order valence-electron chi connectivity index (χ3n) is 4.24. The minimum absolute atomic E-state index is 0.0714. The van der Waals surface area contributed by atoms with E-state index in [4.69, 9.17) is 4.74 Å². The minimum Gasteiger partial charge on any atom is -0.375 e. The summed E-state index contributed by atoms with van der Waals surface area (Å²) in [4.78, 5) is 2.57. The summed E-state index contributed by atoms with van der Waals surface area (Å²) in [6, 6.07) is 0.709. The highest BCUT2D eigenvalue weighted by Crippen LogP contribution is 2.27. The fourth-order valence-electron chi connectivity index (χ4n) is 3.21. The van der Waals surface area contributed by atoms with Crippen molar-refractivity contribution in [3.63, 3.8) is 0 Å². The van der Waals surface area contributed by atoms with Gasteiger partial charge in [-0.1, -0.05) is 0 Å². The molecule has 2 unspecified atom stereocenters. The third kappa shape index (κ3) is 3.94. The maximum absolute atomic E-state index is 5.80. The molecular formula is C14H28N2O. The van der Waals surface area contributed by atoms with E-state index in [-0.39, 0.29) is 5.60 Å². The van der Waals surface area contributed by atoms with Crippen molar-refractivity contribution < 1.29 is 4.74 Å². The van der Waals surface area contributed by atoms with E-state index in [2.05, 4.69) is 31.1 Å². The summed E-state index contributed by atoms with van der Waals surface area (Å²) in [6.45, 7) is 9.02. The van der Waals surface area contributed by atoms with Crippen LogP contribution in [0.2, 0.25) is 0 Å². The van der Waals surface area contributed by atoms with Gasteiger partial charge in [0.25, 0.3) is 0 Å². The molecule has 2 fully saturated rings. The van der Waals surface area contributed by atoms with E-state index in [0.29, 0.717) is 6.04 Å². The van der Waals surface area contributed by atoms with Crippen LogP contribution in [0, 0.1) is 5.92 Å². The fraction of sp³-hybridized carbons (Fsp3) is 1.00. The summed E-state index contributed by atoms with van der Waals surface area (Å²) in [6.07, 6.45) is 5.10. The molecule has 0 aromatic carbocycles. The molecule has 0 radical (unpaired) electrons. The van der Waals surface area contributed by atoms with E-state index in [1.165, 1.54) is 45.3 Å². The Morgan fingerprint density at radius 1 is 1.35 bits per heavy atom. The van der Waals surface area contributed by atoms with E-state index >= 15 is 0 Å². The van der Waals surface area contributed by atoms with Gasteiger partial charge >= 0.3 is 0 Å². The SMILES string of the molecule is CN(CC1CCCNC1)C1CCOC(C)(C)C1. The smallest absolute Gasteiger partial charge is 0.0641 e. The lowest BCUT2D eigenvalue weighted by Crippen LogP contribution is -2.47. The van der Waals surface area contributed by atoms with Crippen molar-refractivity contribution in [2.45, 2.75) is 51.2 Å². The number of ether oxygens (including phenoxy) is 1. The van der Waals surface area contributed by atoms with Gasteiger partial charge in [0.15, 0.2) is 0 Å². The first-order valence-corrected chi connectivity index (χ1v) is 7.12. The molecule has 17 heavy (non-hydrogen) atoms. The first-order chi connectivity index (χ1) is 8.07. The molecule has 0 saturated carbocycles. The average Bonchev–Trinajstić information content (AvgIpc) is 2.29. The second-order valence-corrected chi connectivity index (χ2v) is 6.41. The van der Waals surface area contributed by atoms with Crippen molar-refractivity contribution in [2.24, 2.45) is 5.92 Å². The Morgan fingerprint density at radius 2 is 2.18 bits per heavy atom. The molecular weight excluding hydrogens is 212 g/mol. The van der Waals surface area contributed by atoms with Crippen LogP contribution in [-0.2, 0) is 4.74 Å².